The fraction of sp³-hybridized carbons (Fsp3) is 0.737. The Morgan fingerprint density at radius 2 is 1.93 bits per heavy atom. The van der Waals surface area contributed by atoms with Gasteiger partial charge >= 0.3 is 12.1 Å². The van der Waals surface area contributed by atoms with Crippen LogP contribution in [0.15, 0.2) is 18.6 Å². The highest BCUT2D eigenvalue weighted by Crippen LogP contribution is 2.36. The first kappa shape index (κ1) is 22.7. The van der Waals surface area contributed by atoms with E-state index in [2.05, 4.69) is 14.9 Å². The second-order valence-electron chi connectivity index (χ2n) is 7.84. The Balaban J connectivity index is 0.000000318. The predicted octanol–water partition coefficient (Wildman–Crippen LogP) is 2.15. The standard InChI is InChI=1S/C17H25N3O3.C2HF3O2/c1-6-21-7-2-14(1)11-20-12-17(13-20)9-15(3-8-22-17)23-16-10-18-4-5-19-16;3-2(4,5)1(6)7/h4-5,10,14-15H,1-3,6-9,11-13H2;(H,6,7). The first-order chi connectivity index (χ1) is 14.3. The van der Waals surface area contributed by atoms with Gasteiger partial charge in [-0.3, -0.25) is 9.88 Å². The largest absolute Gasteiger partial charge is 0.490 e. The molecule has 4 rings (SSSR count). The maximum Gasteiger partial charge on any atom is 0.490 e. The van der Waals surface area contributed by atoms with Crippen LogP contribution >= 0.6 is 0 Å². The van der Waals surface area contributed by atoms with Crippen LogP contribution in [0.1, 0.15) is 25.7 Å². The van der Waals surface area contributed by atoms with E-state index in [9.17, 15) is 13.2 Å². The molecule has 3 saturated heterocycles. The Hall–Kier alpha value is -1.98. The van der Waals surface area contributed by atoms with Gasteiger partial charge in [-0.1, -0.05) is 0 Å². The highest BCUT2D eigenvalue weighted by molar-refractivity contribution is 5.73. The molecule has 1 N–H and O–H groups in total. The minimum Gasteiger partial charge on any atom is -0.475 e. The smallest absolute Gasteiger partial charge is 0.475 e. The molecular weight excluding hydrogens is 407 g/mol. The van der Waals surface area contributed by atoms with Crippen LogP contribution < -0.4 is 4.74 Å². The van der Waals surface area contributed by atoms with E-state index in [1.807, 2.05) is 0 Å². The van der Waals surface area contributed by atoms with E-state index >= 15 is 0 Å². The van der Waals surface area contributed by atoms with Crippen LogP contribution in [0.5, 0.6) is 5.88 Å². The van der Waals surface area contributed by atoms with Crippen molar-refractivity contribution >= 4 is 5.97 Å². The summed E-state index contributed by atoms with van der Waals surface area (Å²) in [6.45, 7) is 5.87. The predicted molar refractivity (Wildman–Crippen MR) is 98.0 cm³/mol. The molecule has 1 atom stereocenters. The first-order valence-corrected chi connectivity index (χ1v) is 9.93. The number of hydrogen-bond acceptors (Lipinski definition) is 7. The Labute approximate surface area is 172 Å². The minimum absolute atomic E-state index is 0.00368. The molecule has 3 aliphatic heterocycles. The van der Waals surface area contributed by atoms with E-state index in [4.69, 9.17) is 24.1 Å². The van der Waals surface area contributed by atoms with Gasteiger partial charge in [-0.2, -0.15) is 13.2 Å². The number of carbonyl (C=O) groups is 1. The number of aliphatic carboxylic acids is 1. The van der Waals surface area contributed by atoms with Crippen LogP contribution in [0.4, 0.5) is 13.2 Å². The molecule has 3 aliphatic rings. The number of nitrogens with zero attached hydrogens (tertiary/aromatic N) is 3. The van der Waals surface area contributed by atoms with Gasteiger partial charge in [0.05, 0.1) is 18.4 Å². The second kappa shape index (κ2) is 9.88. The molecule has 1 spiro atoms. The van der Waals surface area contributed by atoms with E-state index in [1.165, 1.54) is 19.4 Å². The third kappa shape index (κ3) is 6.51. The lowest BCUT2D eigenvalue weighted by atomic mass is 9.83. The summed E-state index contributed by atoms with van der Waals surface area (Å²) in [5.41, 5.74) is -0.00368. The molecule has 1 unspecified atom stereocenters. The zero-order valence-corrected chi connectivity index (χ0v) is 16.5. The molecule has 3 fully saturated rings. The third-order valence-electron chi connectivity index (χ3n) is 5.40. The Bertz CT molecular complexity index is 680. The van der Waals surface area contributed by atoms with E-state index in [0.717, 1.165) is 51.7 Å². The SMILES string of the molecule is O=C(O)C(F)(F)F.c1cnc(OC2CCOC3(C2)CN(CC2CCOCC2)C3)cn1. The highest BCUT2D eigenvalue weighted by atomic mass is 19.4. The molecule has 11 heteroatoms. The van der Waals surface area contributed by atoms with Gasteiger partial charge in [-0.15, -0.1) is 0 Å². The zero-order chi connectivity index (χ0) is 21.6. The summed E-state index contributed by atoms with van der Waals surface area (Å²) >= 11 is 0. The molecule has 8 nitrogen and oxygen atoms in total. The van der Waals surface area contributed by atoms with E-state index in [1.54, 1.807) is 18.6 Å². The lowest BCUT2D eigenvalue weighted by molar-refractivity contribution is -0.192. The van der Waals surface area contributed by atoms with Crippen molar-refractivity contribution in [3.63, 3.8) is 0 Å². The lowest BCUT2D eigenvalue weighted by Crippen LogP contribution is -2.66. The maximum atomic E-state index is 10.6. The van der Waals surface area contributed by atoms with E-state index < -0.39 is 12.1 Å². The van der Waals surface area contributed by atoms with E-state index in [-0.39, 0.29) is 11.7 Å². The van der Waals surface area contributed by atoms with Crippen LogP contribution in [0.2, 0.25) is 0 Å². The first-order valence-electron chi connectivity index (χ1n) is 9.93. The summed E-state index contributed by atoms with van der Waals surface area (Å²) in [7, 11) is 0. The molecule has 1 aromatic heterocycles. The van der Waals surface area contributed by atoms with Crippen molar-refractivity contribution in [3.05, 3.63) is 18.6 Å². The quantitative estimate of drug-likeness (QED) is 0.772. The number of likely N-dealkylation sites (tertiary alicyclic amines) is 1. The average Bonchev–Trinajstić information content (AvgIpc) is 2.68. The summed E-state index contributed by atoms with van der Waals surface area (Å²) in [5.74, 6) is -1.35. The van der Waals surface area contributed by atoms with Crippen molar-refractivity contribution in [3.8, 4) is 5.88 Å². The van der Waals surface area contributed by atoms with Crippen LogP contribution in [0, 0.1) is 5.92 Å². The van der Waals surface area contributed by atoms with Crippen molar-refractivity contribution in [2.45, 2.75) is 43.6 Å². The third-order valence-corrected chi connectivity index (χ3v) is 5.40. The molecule has 0 amide bonds. The Morgan fingerprint density at radius 3 is 2.53 bits per heavy atom. The van der Waals surface area contributed by atoms with Crippen LogP contribution in [0.25, 0.3) is 0 Å². The molecule has 0 aliphatic carbocycles. The molecule has 168 valence electrons. The van der Waals surface area contributed by atoms with Crippen LogP contribution in [-0.2, 0) is 14.3 Å². The van der Waals surface area contributed by atoms with Gasteiger partial charge in [-0.05, 0) is 18.8 Å². The van der Waals surface area contributed by atoms with Crippen molar-refractivity contribution in [1.82, 2.24) is 14.9 Å². The monoisotopic (exact) mass is 433 g/mol. The van der Waals surface area contributed by atoms with Gasteiger partial charge in [0.1, 0.15) is 6.10 Å². The molecular formula is C19H26F3N3O5. The summed E-state index contributed by atoms with van der Waals surface area (Å²) in [4.78, 5) is 19.7. The van der Waals surface area contributed by atoms with Gasteiger partial charge < -0.3 is 19.3 Å². The Kier molecular flexibility index (Phi) is 7.48. The molecule has 0 saturated carbocycles. The van der Waals surface area contributed by atoms with Crippen molar-refractivity contribution in [2.24, 2.45) is 5.92 Å². The number of halogens is 3. The fourth-order valence-electron chi connectivity index (χ4n) is 4.01. The normalized spacial score (nSPS) is 24.4. The number of rotatable bonds is 4. The van der Waals surface area contributed by atoms with Crippen LogP contribution in [0.3, 0.4) is 0 Å². The fourth-order valence-corrected chi connectivity index (χ4v) is 4.01. The summed E-state index contributed by atoms with van der Waals surface area (Å²) in [6, 6.07) is 0. The number of carboxylic acid groups (broad SMARTS) is 1. The maximum absolute atomic E-state index is 10.6. The molecule has 0 bridgehead atoms. The number of alkyl halides is 3. The highest BCUT2D eigenvalue weighted by Gasteiger charge is 2.48. The molecule has 0 aromatic carbocycles. The summed E-state index contributed by atoms with van der Waals surface area (Å²) < 4.78 is 49.3. The minimum atomic E-state index is -5.08. The molecule has 0 radical (unpaired) electrons. The molecule has 30 heavy (non-hydrogen) atoms. The number of aromatic nitrogens is 2. The zero-order valence-electron chi connectivity index (χ0n) is 16.5. The Morgan fingerprint density at radius 1 is 1.23 bits per heavy atom. The molecule has 1 aromatic rings. The number of carboxylic acids is 1. The van der Waals surface area contributed by atoms with Crippen molar-refractivity contribution < 1.29 is 37.3 Å². The molecule has 4 heterocycles. The lowest BCUT2D eigenvalue weighted by Gasteiger charge is -2.53. The van der Waals surface area contributed by atoms with Gasteiger partial charge in [0.2, 0.25) is 5.88 Å². The summed E-state index contributed by atoms with van der Waals surface area (Å²) in [5, 5.41) is 7.12. The average molecular weight is 433 g/mol. The van der Waals surface area contributed by atoms with Crippen LogP contribution in [-0.4, -0.2) is 83.3 Å². The van der Waals surface area contributed by atoms with Crippen molar-refractivity contribution in [2.75, 3.05) is 39.5 Å². The number of ether oxygens (including phenoxy) is 3. The van der Waals surface area contributed by atoms with Gasteiger partial charge in [0.15, 0.2) is 0 Å². The van der Waals surface area contributed by atoms with E-state index in [0.29, 0.717) is 5.88 Å². The van der Waals surface area contributed by atoms with Crippen molar-refractivity contribution in [1.29, 1.82) is 0 Å². The topological polar surface area (TPSA) is 94.0 Å². The van der Waals surface area contributed by atoms with Gasteiger partial charge in [0, 0.05) is 58.1 Å². The van der Waals surface area contributed by atoms with Gasteiger partial charge in [-0.25, -0.2) is 9.78 Å². The van der Waals surface area contributed by atoms with Gasteiger partial charge in [0.25, 0.3) is 0 Å². The number of hydrogen-bond donors (Lipinski definition) is 1. The summed E-state index contributed by atoms with van der Waals surface area (Å²) in [6.07, 6.45) is 4.39. The second-order valence-corrected chi connectivity index (χ2v) is 7.84.